The number of hydrogen-bond donors (Lipinski definition) is 2. The molecule has 0 atom stereocenters. The number of carbonyl (C=O) groups is 1. The summed E-state index contributed by atoms with van der Waals surface area (Å²) in [7, 11) is 0. The van der Waals surface area contributed by atoms with Crippen LogP contribution in [0.25, 0.3) is 10.9 Å². The summed E-state index contributed by atoms with van der Waals surface area (Å²) in [6.07, 6.45) is 0. The van der Waals surface area contributed by atoms with Crippen LogP contribution in [0.4, 0.5) is 5.69 Å². The Morgan fingerprint density at radius 1 is 1.19 bits per heavy atom. The summed E-state index contributed by atoms with van der Waals surface area (Å²) in [5.74, 6) is 0.439. The van der Waals surface area contributed by atoms with Gasteiger partial charge in [-0.25, -0.2) is 0 Å². The summed E-state index contributed by atoms with van der Waals surface area (Å²) in [5, 5.41) is 18.6. The van der Waals surface area contributed by atoms with E-state index < -0.39 is 5.91 Å². The van der Waals surface area contributed by atoms with E-state index in [1.165, 1.54) is 0 Å². The zero-order valence-corrected chi connectivity index (χ0v) is 15.0. The van der Waals surface area contributed by atoms with Crippen molar-refractivity contribution in [3.05, 3.63) is 53.6 Å². The van der Waals surface area contributed by atoms with Gasteiger partial charge in [0, 0.05) is 10.9 Å². The van der Waals surface area contributed by atoms with Crippen LogP contribution in [0.5, 0.6) is 11.6 Å². The number of hydrogen-bond acceptors (Lipinski definition) is 4. The van der Waals surface area contributed by atoms with Crippen LogP contribution in [-0.4, -0.2) is 22.6 Å². The van der Waals surface area contributed by atoms with Crippen LogP contribution in [0, 0.1) is 0 Å². The fraction of sp³-hybridized carbons (Fsp3) is 0.250. The Labute approximate surface area is 151 Å². The van der Waals surface area contributed by atoms with Crippen LogP contribution < -0.4 is 4.74 Å². The zero-order chi connectivity index (χ0) is 18.7. The Balaban J connectivity index is 1.88. The van der Waals surface area contributed by atoms with E-state index in [1.54, 1.807) is 24.3 Å². The van der Waals surface area contributed by atoms with E-state index >= 15 is 0 Å². The van der Waals surface area contributed by atoms with Gasteiger partial charge in [-0.05, 0) is 54.8 Å². The monoisotopic (exact) mass is 351 g/mol. The lowest BCUT2D eigenvalue weighted by molar-refractivity contribution is 0.0995. The highest BCUT2D eigenvalue weighted by Crippen LogP contribution is 2.37. The van der Waals surface area contributed by atoms with Crippen LogP contribution in [0.1, 0.15) is 42.6 Å². The number of azo groups is 1. The molecule has 0 saturated carbocycles. The number of aromatic amines is 1. The number of nitrogens with zero attached hydrogens (tertiary/aromatic N) is 2. The lowest BCUT2D eigenvalue weighted by Gasteiger charge is -2.04. The van der Waals surface area contributed by atoms with Crippen molar-refractivity contribution in [3.63, 3.8) is 0 Å². The van der Waals surface area contributed by atoms with E-state index in [4.69, 9.17) is 4.74 Å². The molecule has 6 heteroatoms. The third-order valence-corrected chi connectivity index (χ3v) is 4.10. The molecule has 1 aromatic heterocycles. The topological polar surface area (TPSA) is 87.0 Å². The first kappa shape index (κ1) is 17.7. The third-order valence-electron chi connectivity index (χ3n) is 4.10. The Hall–Kier alpha value is -3.15. The number of aromatic hydroxyl groups is 1. The van der Waals surface area contributed by atoms with Gasteiger partial charge in [0.15, 0.2) is 5.69 Å². The predicted octanol–water partition coefficient (Wildman–Crippen LogP) is 5.32. The highest BCUT2D eigenvalue weighted by Gasteiger charge is 2.13. The van der Waals surface area contributed by atoms with Crippen molar-refractivity contribution in [1.82, 2.24) is 4.98 Å². The van der Waals surface area contributed by atoms with E-state index in [0.717, 1.165) is 16.5 Å². The summed E-state index contributed by atoms with van der Waals surface area (Å²) in [6, 6.07) is 12.5. The molecule has 0 bridgehead atoms. The molecule has 6 nitrogen and oxygen atoms in total. The number of benzene rings is 2. The summed E-state index contributed by atoms with van der Waals surface area (Å²) in [5.41, 5.74) is 2.53. The Bertz CT molecular complexity index is 956. The molecule has 0 radical (unpaired) electrons. The second-order valence-electron chi connectivity index (χ2n) is 6.24. The van der Waals surface area contributed by atoms with Crippen molar-refractivity contribution in [3.8, 4) is 11.6 Å². The standard InChI is InChI=1S/C20H21N3O3/c1-4-26-15-8-5-13(6-9-15)19(24)23-22-18-16-11-14(12(2)3)7-10-17(16)21-20(18)25/h5-12,21,25H,4H2,1-3H3. The quantitative estimate of drug-likeness (QED) is 0.610. The number of ether oxygens (including phenoxy) is 1. The normalized spacial score (nSPS) is 11.5. The molecule has 0 unspecified atom stereocenters. The second-order valence-corrected chi connectivity index (χ2v) is 6.24. The van der Waals surface area contributed by atoms with E-state index in [0.29, 0.717) is 23.8 Å². The number of aromatic nitrogens is 1. The first-order valence-corrected chi connectivity index (χ1v) is 8.53. The highest BCUT2D eigenvalue weighted by molar-refractivity contribution is 5.97. The summed E-state index contributed by atoms with van der Waals surface area (Å²) in [4.78, 5) is 15.1. The third kappa shape index (κ3) is 3.59. The fourth-order valence-electron chi connectivity index (χ4n) is 2.66. The van der Waals surface area contributed by atoms with Gasteiger partial charge < -0.3 is 14.8 Å². The molecule has 0 aliphatic carbocycles. The number of H-pyrrole nitrogens is 1. The lowest BCUT2D eigenvalue weighted by atomic mass is 10.0. The molecule has 1 heterocycles. The van der Waals surface area contributed by atoms with Gasteiger partial charge in [0.1, 0.15) is 5.75 Å². The molecule has 0 fully saturated rings. The van der Waals surface area contributed by atoms with E-state index in [9.17, 15) is 9.90 Å². The second kappa shape index (κ2) is 7.39. The molecule has 134 valence electrons. The molecule has 2 N–H and O–H groups in total. The Kier molecular flexibility index (Phi) is 5.02. The first-order chi connectivity index (χ1) is 12.5. The molecular formula is C20H21N3O3. The van der Waals surface area contributed by atoms with Crippen LogP contribution in [0.3, 0.4) is 0 Å². The molecule has 26 heavy (non-hydrogen) atoms. The molecule has 3 rings (SSSR count). The van der Waals surface area contributed by atoms with Crippen LogP contribution in [0.15, 0.2) is 52.7 Å². The predicted molar refractivity (Wildman–Crippen MR) is 101 cm³/mol. The Morgan fingerprint density at radius 3 is 2.58 bits per heavy atom. The van der Waals surface area contributed by atoms with Gasteiger partial charge in [-0.2, -0.15) is 0 Å². The molecular weight excluding hydrogens is 330 g/mol. The molecule has 2 aromatic carbocycles. The van der Waals surface area contributed by atoms with Crippen molar-refractivity contribution in [2.75, 3.05) is 6.61 Å². The maximum Gasteiger partial charge on any atom is 0.295 e. The molecule has 1 amide bonds. The Morgan fingerprint density at radius 2 is 1.92 bits per heavy atom. The minimum absolute atomic E-state index is 0.107. The molecule has 0 aliphatic heterocycles. The van der Waals surface area contributed by atoms with Gasteiger partial charge in [-0.3, -0.25) is 4.79 Å². The van der Waals surface area contributed by atoms with Gasteiger partial charge in [0.2, 0.25) is 5.88 Å². The minimum Gasteiger partial charge on any atom is -0.494 e. The average Bonchev–Trinajstić information content (AvgIpc) is 2.95. The fourth-order valence-corrected chi connectivity index (χ4v) is 2.66. The average molecular weight is 351 g/mol. The van der Waals surface area contributed by atoms with Crippen molar-refractivity contribution in [2.45, 2.75) is 26.7 Å². The molecule has 0 saturated heterocycles. The largest absolute Gasteiger partial charge is 0.494 e. The number of amides is 1. The first-order valence-electron chi connectivity index (χ1n) is 8.53. The van der Waals surface area contributed by atoms with E-state index in [2.05, 4.69) is 29.1 Å². The SMILES string of the molecule is CCOc1ccc(C(=O)N=Nc2c(O)[nH]c3ccc(C(C)C)cc23)cc1. The molecule has 0 spiro atoms. The smallest absolute Gasteiger partial charge is 0.295 e. The van der Waals surface area contributed by atoms with E-state index in [-0.39, 0.29) is 11.6 Å². The van der Waals surface area contributed by atoms with Gasteiger partial charge in [-0.1, -0.05) is 19.9 Å². The number of fused-ring (bicyclic) bond motifs is 1. The van der Waals surface area contributed by atoms with Crippen LogP contribution in [-0.2, 0) is 0 Å². The van der Waals surface area contributed by atoms with Gasteiger partial charge in [-0.15, -0.1) is 10.2 Å². The lowest BCUT2D eigenvalue weighted by Crippen LogP contribution is -1.95. The van der Waals surface area contributed by atoms with E-state index in [1.807, 2.05) is 25.1 Å². The van der Waals surface area contributed by atoms with Crippen LogP contribution in [0.2, 0.25) is 0 Å². The van der Waals surface area contributed by atoms with Crippen molar-refractivity contribution < 1.29 is 14.6 Å². The maximum atomic E-state index is 12.2. The van der Waals surface area contributed by atoms with Crippen molar-refractivity contribution >= 4 is 22.5 Å². The minimum atomic E-state index is -0.484. The van der Waals surface area contributed by atoms with Crippen molar-refractivity contribution in [1.29, 1.82) is 0 Å². The summed E-state index contributed by atoms with van der Waals surface area (Å²) < 4.78 is 5.35. The van der Waals surface area contributed by atoms with Gasteiger partial charge >= 0.3 is 0 Å². The molecule has 3 aromatic rings. The number of nitrogens with one attached hydrogen (secondary N) is 1. The summed E-state index contributed by atoms with van der Waals surface area (Å²) >= 11 is 0. The summed E-state index contributed by atoms with van der Waals surface area (Å²) in [6.45, 7) is 6.63. The maximum absolute atomic E-state index is 12.2. The van der Waals surface area contributed by atoms with Gasteiger partial charge in [0.05, 0.1) is 12.1 Å². The van der Waals surface area contributed by atoms with Crippen molar-refractivity contribution in [2.24, 2.45) is 10.2 Å². The number of carbonyl (C=O) groups excluding carboxylic acids is 1. The number of rotatable bonds is 5. The zero-order valence-electron chi connectivity index (χ0n) is 15.0. The van der Waals surface area contributed by atoms with Crippen LogP contribution >= 0.6 is 0 Å². The molecule has 0 aliphatic rings. The highest BCUT2D eigenvalue weighted by atomic mass is 16.5. The van der Waals surface area contributed by atoms with Gasteiger partial charge in [0.25, 0.3) is 5.91 Å².